The fraction of sp³-hybridized carbons (Fsp3) is 0.675. The van der Waals surface area contributed by atoms with Crippen molar-refractivity contribution in [1.29, 1.82) is 0 Å². The van der Waals surface area contributed by atoms with Gasteiger partial charge in [0.1, 0.15) is 11.5 Å². The Kier molecular flexibility index (Phi) is 15.0. The van der Waals surface area contributed by atoms with Crippen LogP contribution in [0.1, 0.15) is 152 Å². The molecule has 2 aliphatic rings. The number of rotatable bonds is 18. The van der Waals surface area contributed by atoms with E-state index in [1.54, 1.807) is 0 Å². The van der Waals surface area contributed by atoms with Crippen LogP contribution in [0.15, 0.2) is 48.5 Å². The number of ether oxygens (including phenoxy) is 2. The van der Waals surface area contributed by atoms with Gasteiger partial charge < -0.3 is 9.47 Å². The van der Waals surface area contributed by atoms with Crippen LogP contribution in [0.2, 0.25) is 0 Å². The smallest absolute Gasteiger partial charge is 0.343 e. The molecule has 3 heteroatoms. The van der Waals surface area contributed by atoms with Crippen LogP contribution in [0, 0.1) is 23.7 Å². The predicted octanol–water partition coefficient (Wildman–Crippen LogP) is 11.8. The molecule has 2 aromatic carbocycles. The molecule has 3 nitrogen and oxygen atoms in total. The molecule has 2 aliphatic carbocycles. The van der Waals surface area contributed by atoms with Gasteiger partial charge in [-0.25, -0.2) is 4.79 Å². The first-order valence-electron chi connectivity index (χ1n) is 18.2. The van der Waals surface area contributed by atoms with E-state index in [0.29, 0.717) is 11.3 Å². The van der Waals surface area contributed by atoms with E-state index < -0.39 is 0 Å². The van der Waals surface area contributed by atoms with E-state index >= 15 is 0 Å². The van der Waals surface area contributed by atoms with Crippen molar-refractivity contribution in [3.63, 3.8) is 0 Å². The van der Waals surface area contributed by atoms with E-state index in [2.05, 4.69) is 26.0 Å². The topological polar surface area (TPSA) is 35.5 Å². The molecule has 0 heterocycles. The number of benzene rings is 2. The fourth-order valence-corrected chi connectivity index (χ4v) is 7.49. The highest BCUT2D eigenvalue weighted by Crippen LogP contribution is 2.35. The average molecular weight is 589 g/mol. The van der Waals surface area contributed by atoms with Crippen molar-refractivity contribution < 1.29 is 14.3 Å². The van der Waals surface area contributed by atoms with Crippen molar-refractivity contribution in [2.45, 2.75) is 142 Å². The fourth-order valence-electron chi connectivity index (χ4n) is 7.49. The normalized spacial score (nSPS) is 22.3. The molecule has 4 rings (SSSR count). The summed E-state index contributed by atoms with van der Waals surface area (Å²) in [6.07, 6.45) is 27.2. The molecule has 0 unspecified atom stereocenters. The highest BCUT2D eigenvalue weighted by Gasteiger charge is 2.21. The first-order valence-corrected chi connectivity index (χ1v) is 18.2. The van der Waals surface area contributed by atoms with Gasteiger partial charge in [0.2, 0.25) is 0 Å². The lowest BCUT2D eigenvalue weighted by molar-refractivity contribution is 0.0734. The molecule has 0 saturated heterocycles. The Bertz CT molecular complexity index is 1010. The molecule has 43 heavy (non-hydrogen) atoms. The third kappa shape index (κ3) is 12.3. The molecule has 0 N–H and O–H groups in total. The van der Waals surface area contributed by atoms with Gasteiger partial charge in [-0.1, -0.05) is 129 Å². The number of aryl methyl sites for hydroxylation is 1. The zero-order valence-electron chi connectivity index (χ0n) is 27.5. The van der Waals surface area contributed by atoms with Gasteiger partial charge in [0, 0.05) is 0 Å². The largest absolute Gasteiger partial charge is 0.494 e. The lowest BCUT2D eigenvalue weighted by atomic mass is 9.78. The number of carbonyl (C=O) groups is 1. The third-order valence-electron chi connectivity index (χ3n) is 10.5. The first-order chi connectivity index (χ1) is 21.1. The maximum atomic E-state index is 12.7. The summed E-state index contributed by atoms with van der Waals surface area (Å²) >= 11 is 0. The Labute approximate surface area is 263 Å². The zero-order valence-corrected chi connectivity index (χ0v) is 27.5. The van der Waals surface area contributed by atoms with E-state index in [1.807, 2.05) is 36.4 Å². The highest BCUT2D eigenvalue weighted by molar-refractivity contribution is 5.91. The highest BCUT2D eigenvalue weighted by atomic mass is 16.5. The summed E-state index contributed by atoms with van der Waals surface area (Å²) in [6.45, 7) is 5.33. The molecule has 2 fully saturated rings. The molecule has 238 valence electrons. The molecule has 2 aromatic rings. The molecular formula is C40H60O3. The molecule has 0 aromatic heterocycles. The monoisotopic (exact) mass is 588 g/mol. The Morgan fingerprint density at radius 3 is 1.56 bits per heavy atom. The van der Waals surface area contributed by atoms with Crippen LogP contribution in [-0.4, -0.2) is 12.6 Å². The molecule has 0 spiro atoms. The summed E-state index contributed by atoms with van der Waals surface area (Å²) in [6, 6.07) is 15.5. The van der Waals surface area contributed by atoms with Crippen LogP contribution >= 0.6 is 0 Å². The Hall–Kier alpha value is -2.29. The molecule has 0 bridgehead atoms. The molecule has 2 saturated carbocycles. The average Bonchev–Trinajstić information content (AvgIpc) is 3.04. The third-order valence-corrected chi connectivity index (χ3v) is 10.5. The Morgan fingerprint density at radius 2 is 1.05 bits per heavy atom. The lowest BCUT2D eigenvalue weighted by Crippen LogP contribution is -2.15. The minimum Gasteiger partial charge on any atom is -0.494 e. The van der Waals surface area contributed by atoms with Gasteiger partial charge >= 0.3 is 5.97 Å². The van der Waals surface area contributed by atoms with Crippen LogP contribution in [-0.2, 0) is 6.42 Å². The number of hydrogen-bond donors (Lipinski definition) is 0. The summed E-state index contributed by atoms with van der Waals surface area (Å²) in [5.41, 5.74) is 1.89. The summed E-state index contributed by atoms with van der Waals surface area (Å²) in [7, 11) is 0. The van der Waals surface area contributed by atoms with Gasteiger partial charge in [-0.05, 0) is 91.3 Å². The number of unbranched alkanes of at least 4 members (excludes halogenated alkanes) is 4. The van der Waals surface area contributed by atoms with Crippen LogP contribution in [0.3, 0.4) is 0 Å². The predicted molar refractivity (Wildman–Crippen MR) is 180 cm³/mol. The Morgan fingerprint density at radius 1 is 0.581 bits per heavy atom. The molecule has 0 atom stereocenters. The van der Waals surface area contributed by atoms with Crippen molar-refractivity contribution in [2.75, 3.05) is 6.61 Å². The molecule has 0 aliphatic heterocycles. The minimum atomic E-state index is -0.319. The maximum absolute atomic E-state index is 12.7. The number of carbonyl (C=O) groups excluding carboxylic acids is 1. The second kappa shape index (κ2) is 19.2. The summed E-state index contributed by atoms with van der Waals surface area (Å²) < 4.78 is 11.7. The summed E-state index contributed by atoms with van der Waals surface area (Å²) in [5.74, 6) is 4.82. The van der Waals surface area contributed by atoms with Gasteiger partial charge in [0.05, 0.1) is 12.2 Å². The first kappa shape index (κ1) is 33.6. The van der Waals surface area contributed by atoms with Crippen molar-refractivity contribution in [2.24, 2.45) is 23.7 Å². The quantitative estimate of drug-likeness (QED) is 0.0987. The molecule has 0 radical (unpaired) electrons. The number of hydrogen-bond acceptors (Lipinski definition) is 3. The van der Waals surface area contributed by atoms with Crippen molar-refractivity contribution in [1.82, 2.24) is 0 Å². The standard InChI is InChI=1S/C40H60O3/c1-3-5-7-10-32-13-15-34(16-14-32)12-9-31-42-38-29-25-37(26-30-38)40(41)43-39-27-23-36(24-28-39)22-21-35-19-17-33(18-20-35)11-8-6-4-2/h23-30,32-35H,3-22,31H2,1-2H3/t32-,33-,34-,35-. The van der Waals surface area contributed by atoms with Gasteiger partial charge in [0.25, 0.3) is 0 Å². The summed E-state index contributed by atoms with van der Waals surface area (Å²) in [4.78, 5) is 12.7. The van der Waals surface area contributed by atoms with Crippen molar-refractivity contribution >= 4 is 5.97 Å². The maximum Gasteiger partial charge on any atom is 0.343 e. The minimum absolute atomic E-state index is 0.319. The molecular weight excluding hydrogens is 528 g/mol. The van der Waals surface area contributed by atoms with Crippen LogP contribution < -0.4 is 9.47 Å². The van der Waals surface area contributed by atoms with Crippen molar-refractivity contribution in [3.05, 3.63) is 59.7 Å². The second-order valence-corrected chi connectivity index (χ2v) is 13.9. The SMILES string of the molecule is CCCCC[C@H]1CC[C@H](CCCOc2ccc(C(=O)Oc3ccc(CC[C@H]4CC[C@H](CCCCC)CC4)cc3)cc2)CC1. The Balaban J connectivity index is 1.08. The van der Waals surface area contributed by atoms with Gasteiger partial charge in [-0.15, -0.1) is 0 Å². The van der Waals surface area contributed by atoms with E-state index in [1.165, 1.54) is 121 Å². The van der Waals surface area contributed by atoms with Crippen LogP contribution in [0.4, 0.5) is 0 Å². The van der Waals surface area contributed by atoms with E-state index in [9.17, 15) is 4.79 Å². The van der Waals surface area contributed by atoms with Gasteiger partial charge in [-0.2, -0.15) is 0 Å². The second-order valence-electron chi connectivity index (χ2n) is 13.9. The lowest BCUT2D eigenvalue weighted by Gasteiger charge is -2.28. The van der Waals surface area contributed by atoms with Crippen LogP contribution in [0.25, 0.3) is 0 Å². The molecule has 0 amide bonds. The van der Waals surface area contributed by atoms with E-state index in [-0.39, 0.29) is 5.97 Å². The number of esters is 1. The van der Waals surface area contributed by atoms with Crippen LogP contribution in [0.5, 0.6) is 11.5 Å². The van der Waals surface area contributed by atoms with E-state index in [0.717, 1.165) is 48.9 Å². The van der Waals surface area contributed by atoms with E-state index in [4.69, 9.17) is 9.47 Å². The summed E-state index contributed by atoms with van der Waals surface area (Å²) in [5, 5.41) is 0. The van der Waals surface area contributed by atoms with Gasteiger partial charge in [-0.3, -0.25) is 0 Å². The van der Waals surface area contributed by atoms with Crippen molar-refractivity contribution in [3.8, 4) is 11.5 Å². The zero-order chi connectivity index (χ0) is 30.1. The van der Waals surface area contributed by atoms with Gasteiger partial charge in [0.15, 0.2) is 0 Å².